The van der Waals surface area contributed by atoms with Gasteiger partial charge in [0.1, 0.15) is 0 Å². The van der Waals surface area contributed by atoms with Crippen LogP contribution in [-0.2, 0) is 10.0 Å². The van der Waals surface area contributed by atoms with Crippen molar-refractivity contribution in [2.24, 2.45) is 0 Å². The summed E-state index contributed by atoms with van der Waals surface area (Å²) >= 11 is 0. The number of fused-ring (bicyclic) bond motifs is 2. The standard InChI is InChI=1S/C25H26N2O2S/c1-17-6-8-19(9-7-17)20-10-12-21(13-11-20)25-23-15-27(16-24(25)26-23)30(28,29)22-5-3-4-18(2)14-22/h3-14,23-26H,15-16H2,1-2H3/t23-,24+,25?. The molecule has 0 radical (unpaired) electrons. The van der Waals surface area contributed by atoms with Gasteiger partial charge >= 0.3 is 0 Å². The number of piperidine rings is 1. The van der Waals surface area contributed by atoms with Gasteiger partial charge in [-0.15, -0.1) is 0 Å². The normalized spacial score (nSPS) is 23.7. The Morgan fingerprint density at radius 2 is 1.40 bits per heavy atom. The molecule has 6 rings (SSSR count). The average Bonchev–Trinajstić information content (AvgIpc) is 2.75. The smallest absolute Gasteiger partial charge is 0.243 e. The predicted molar refractivity (Wildman–Crippen MR) is 120 cm³/mol. The summed E-state index contributed by atoms with van der Waals surface area (Å²) < 4.78 is 27.8. The molecular formula is C25H26N2O2S. The van der Waals surface area contributed by atoms with Crippen LogP contribution < -0.4 is 5.32 Å². The Kier molecular flexibility index (Phi) is 4.77. The maximum absolute atomic E-state index is 13.1. The van der Waals surface area contributed by atoms with Crippen molar-refractivity contribution in [2.75, 3.05) is 13.1 Å². The minimum Gasteiger partial charge on any atom is -0.307 e. The lowest BCUT2D eigenvalue weighted by atomic mass is 9.75. The highest BCUT2D eigenvalue weighted by Gasteiger charge is 2.49. The molecule has 3 fully saturated rings. The van der Waals surface area contributed by atoms with E-state index in [0.717, 1.165) is 5.56 Å². The van der Waals surface area contributed by atoms with E-state index in [9.17, 15) is 8.42 Å². The van der Waals surface area contributed by atoms with Crippen LogP contribution in [0.2, 0.25) is 0 Å². The van der Waals surface area contributed by atoms with Gasteiger partial charge in [-0.1, -0.05) is 66.2 Å². The van der Waals surface area contributed by atoms with Gasteiger partial charge in [-0.2, -0.15) is 4.31 Å². The summed E-state index contributed by atoms with van der Waals surface area (Å²) in [6, 6.07) is 24.8. The van der Waals surface area contributed by atoms with Gasteiger partial charge in [-0.05, 0) is 48.2 Å². The maximum atomic E-state index is 13.1. The van der Waals surface area contributed by atoms with Gasteiger partial charge in [-0.25, -0.2) is 8.42 Å². The van der Waals surface area contributed by atoms with E-state index in [1.165, 1.54) is 22.3 Å². The third-order valence-corrected chi connectivity index (χ3v) is 8.23. The van der Waals surface area contributed by atoms with Crippen molar-refractivity contribution in [3.05, 3.63) is 89.5 Å². The quantitative estimate of drug-likeness (QED) is 0.694. The summed E-state index contributed by atoms with van der Waals surface area (Å²) in [4.78, 5) is 0.391. The third-order valence-electron chi connectivity index (χ3n) is 6.40. The first-order valence-corrected chi connectivity index (χ1v) is 11.9. The lowest BCUT2D eigenvalue weighted by Gasteiger charge is -2.54. The van der Waals surface area contributed by atoms with Gasteiger partial charge in [0, 0.05) is 31.1 Å². The van der Waals surface area contributed by atoms with Gasteiger partial charge in [0.25, 0.3) is 0 Å². The predicted octanol–water partition coefficient (Wildman–Crippen LogP) is 4.10. The van der Waals surface area contributed by atoms with Crippen molar-refractivity contribution in [3.8, 4) is 11.1 Å². The molecule has 0 amide bonds. The zero-order chi connectivity index (χ0) is 20.9. The number of nitrogens with zero attached hydrogens (tertiary/aromatic N) is 1. The number of hydrogen-bond acceptors (Lipinski definition) is 3. The van der Waals surface area contributed by atoms with Gasteiger partial charge in [-0.3, -0.25) is 0 Å². The lowest BCUT2D eigenvalue weighted by Crippen LogP contribution is -2.72. The minimum absolute atomic E-state index is 0.161. The molecule has 4 nitrogen and oxygen atoms in total. The van der Waals surface area contributed by atoms with Crippen molar-refractivity contribution in [1.29, 1.82) is 0 Å². The highest BCUT2D eigenvalue weighted by molar-refractivity contribution is 7.89. The van der Waals surface area contributed by atoms with E-state index in [4.69, 9.17) is 0 Å². The fourth-order valence-electron chi connectivity index (χ4n) is 4.72. The second-order valence-electron chi connectivity index (χ2n) is 8.53. The average molecular weight is 419 g/mol. The van der Waals surface area contributed by atoms with E-state index in [1.54, 1.807) is 16.4 Å². The third kappa shape index (κ3) is 3.37. The fraction of sp³-hybridized carbons (Fsp3) is 0.280. The monoisotopic (exact) mass is 418 g/mol. The molecule has 0 saturated carbocycles. The summed E-state index contributed by atoms with van der Waals surface area (Å²) in [5.41, 5.74) is 5.93. The molecule has 1 unspecified atom stereocenters. The van der Waals surface area contributed by atoms with Crippen LogP contribution in [0.1, 0.15) is 22.6 Å². The maximum Gasteiger partial charge on any atom is 0.243 e. The van der Waals surface area contributed by atoms with E-state index in [-0.39, 0.29) is 12.1 Å². The first kappa shape index (κ1) is 19.5. The van der Waals surface area contributed by atoms with Crippen molar-refractivity contribution in [3.63, 3.8) is 0 Å². The molecule has 3 heterocycles. The first-order valence-electron chi connectivity index (χ1n) is 10.4. The Bertz CT molecular complexity index is 1160. The SMILES string of the molecule is Cc1ccc(-c2ccc(C3[C@@H]4CN(S(=O)(=O)c5cccc(C)c5)C[C@H]3N4)cc2)cc1. The van der Waals surface area contributed by atoms with E-state index >= 15 is 0 Å². The van der Waals surface area contributed by atoms with Crippen molar-refractivity contribution in [1.82, 2.24) is 9.62 Å². The zero-order valence-electron chi connectivity index (χ0n) is 17.2. The van der Waals surface area contributed by atoms with Crippen molar-refractivity contribution < 1.29 is 8.42 Å². The molecule has 3 aliphatic rings. The molecule has 3 aromatic carbocycles. The second-order valence-corrected chi connectivity index (χ2v) is 10.5. The summed E-state index contributed by atoms with van der Waals surface area (Å²) in [6.45, 7) is 5.04. The molecule has 3 aliphatic heterocycles. The molecule has 0 aromatic heterocycles. The first-order chi connectivity index (χ1) is 14.4. The van der Waals surface area contributed by atoms with Crippen molar-refractivity contribution in [2.45, 2.75) is 36.7 Å². The fourth-order valence-corrected chi connectivity index (χ4v) is 6.32. The van der Waals surface area contributed by atoms with E-state index in [2.05, 4.69) is 60.8 Å². The van der Waals surface area contributed by atoms with Crippen LogP contribution in [-0.4, -0.2) is 37.9 Å². The number of nitrogens with one attached hydrogen (secondary N) is 1. The van der Waals surface area contributed by atoms with E-state index in [0.29, 0.717) is 23.9 Å². The van der Waals surface area contributed by atoms with Gasteiger partial charge < -0.3 is 5.32 Å². The van der Waals surface area contributed by atoms with Gasteiger partial charge in [0.15, 0.2) is 0 Å². The van der Waals surface area contributed by atoms with Crippen LogP contribution in [0.3, 0.4) is 0 Å². The number of piperazine rings is 1. The van der Waals surface area contributed by atoms with E-state index < -0.39 is 10.0 Å². The molecule has 2 bridgehead atoms. The largest absolute Gasteiger partial charge is 0.307 e. The van der Waals surface area contributed by atoms with Crippen LogP contribution in [0.25, 0.3) is 11.1 Å². The van der Waals surface area contributed by atoms with E-state index in [1.807, 2.05) is 19.1 Å². The molecule has 30 heavy (non-hydrogen) atoms. The van der Waals surface area contributed by atoms with Gasteiger partial charge in [0.2, 0.25) is 10.0 Å². The Hall–Kier alpha value is -2.47. The number of aryl methyl sites for hydroxylation is 2. The number of hydrogen-bond donors (Lipinski definition) is 1. The van der Waals surface area contributed by atoms with Crippen LogP contribution in [0.5, 0.6) is 0 Å². The molecule has 1 N–H and O–H groups in total. The number of sulfonamides is 1. The Balaban J connectivity index is 1.32. The molecule has 0 spiro atoms. The highest BCUT2D eigenvalue weighted by atomic mass is 32.2. The Morgan fingerprint density at radius 1 is 0.800 bits per heavy atom. The second kappa shape index (κ2) is 7.34. The molecule has 3 aromatic rings. The number of rotatable bonds is 4. The molecule has 3 saturated heterocycles. The molecule has 3 atom stereocenters. The zero-order valence-corrected chi connectivity index (χ0v) is 18.1. The van der Waals surface area contributed by atoms with Crippen LogP contribution in [0.15, 0.2) is 77.7 Å². The molecule has 154 valence electrons. The Morgan fingerprint density at radius 3 is 2.00 bits per heavy atom. The minimum atomic E-state index is -3.45. The van der Waals surface area contributed by atoms with Gasteiger partial charge in [0.05, 0.1) is 4.90 Å². The summed E-state index contributed by atoms with van der Waals surface area (Å²) in [5.74, 6) is 0.362. The summed E-state index contributed by atoms with van der Waals surface area (Å²) in [5, 5.41) is 3.54. The Labute approximate surface area is 178 Å². The van der Waals surface area contributed by atoms with Crippen LogP contribution in [0, 0.1) is 13.8 Å². The van der Waals surface area contributed by atoms with Crippen LogP contribution >= 0.6 is 0 Å². The highest BCUT2D eigenvalue weighted by Crippen LogP contribution is 2.39. The van der Waals surface area contributed by atoms with Crippen molar-refractivity contribution >= 4 is 10.0 Å². The van der Waals surface area contributed by atoms with Crippen LogP contribution in [0.4, 0.5) is 0 Å². The number of benzene rings is 3. The summed E-state index contributed by atoms with van der Waals surface area (Å²) in [7, 11) is -3.45. The molecular weight excluding hydrogens is 392 g/mol. The molecule has 5 heteroatoms. The lowest BCUT2D eigenvalue weighted by molar-refractivity contribution is 0.102. The molecule has 0 aliphatic carbocycles. The summed E-state index contributed by atoms with van der Waals surface area (Å²) in [6.07, 6.45) is 0. The topological polar surface area (TPSA) is 49.4 Å².